The maximum absolute atomic E-state index is 12.6. The van der Waals surface area contributed by atoms with Gasteiger partial charge in [-0.25, -0.2) is 9.78 Å². The number of rotatable bonds is 4. The third kappa shape index (κ3) is 3.97. The standard InChI is InChI=1S/C18H18F3N3O3S/c19-18(20,21)9-27-17(26)12-8-28-14-7-22-13(6-11(12)14)16(25)23-15-5-10-1-3-24(15)4-2-10/h6-8,10,15H,1-5,9H2,(H,23,25). The number of alkyl halides is 3. The van der Waals surface area contributed by atoms with Crippen LogP contribution in [0.1, 0.15) is 40.1 Å². The molecule has 5 heterocycles. The lowest BCUT2D eigenvalue weighted by Crippen LogP contribution is -2.56. The van der Waals surface area contributed by atoms with Gasteiger partial charge in [-0.2, -0.15) is 13.2 Å². The summed E-state index contributed by atoms with van der Waals surface area (Å²) in [6.45, 7) is 0.268. The summed E-state index contributed by atoms with van der Waals surface area (Å²) >= 11 is 1.16. The molecule has 3 fully saturated rings. The Bertz CT molecular complexity index is 906. The Hall–Kier alpha value is -2.20. The van der Waals surface area contributed by atoms with E-state index in [0.29, 0.717) is 16.0 Å². The molecular formula is C18H18F3N3O3S. The lowest BCUT2D eigenvalue weighted by Gasteiger charge is -2.45. The van der Waals surface area contributed by atoms with E-state index < -0.39 is 18.8 Å². The molecule has 0 aliphatic carbocycles. The minimum Gasteiger partial charge on any atom is -0.452 e. The summed E-state index contributed by atoms with van der Waals surface area (Å²) in [4.78, 5) is 31.0. The summed E-state index contributed by atoms with van der Waals surface area (Å²) in [5.74, 6) is -0.810. The number of esters is 1. The molecule has 0 spiro atoms. The summed E-state index contributed by atoms with van der Waals surface area (Å²) < 4.78 is 41.8. The Labute approximate surface area is 162 Å². The molecule has 0 radical (unpaired) electrons. The number of piperidine rings is 3. The van der Waals surface area contributed by atoms with E-state index in [0.717, 1.165) is 43.7 Å². The van der Waals surface area contributed by atoms with E-state index in [1.165, 1.54) is 17.6 Å². The number of amides is 1. The highest BCUT2D eigenvalue weighted by atomic mass is 32.1. The number of nitrogens with zero attached hydrogens (tertiary/aromatic N) is 2. The second kappa shape index (κ2) is 7.32. The van der Waals surface area contributed by atoms with Crippen molar-refractivity contribution in [2.45, 2.75) is 31.6 Å². The summed E-state index contributed by atoms with van der Waals surface area (Å²) in [5, 5.41) is 4.76. The molecule has 1 unspecified atom stereocenters. The van der Waals surface area contributed by atoms with Gasteiger partial charge in [-0.1, -0.05) is 0 Å². The molecule has 0 saturated carbocycles. The van der Waals surface area contributed by atoms with Crippen molar-refractivity contribution < 1.29 is 27.5 Å². The maximum Gasteiger partial charge on any atom is 0.422 e. The summed E-state index contributed by atoms with van der Waals surface area (Å²) in [6.07, 6.45) is 0.0211. The van der Waals surface area contributed by atoms with E-state index >= 15 is 0 Å². The number of aromatic nitrogens is 1. The Balaban J connectivity index is 1.50. The van der Waals surface area contributed by atoms with E-state index in [4.69, 9.17) is 0 Å². The molecule has 2 aromatic rings. The Morgan fingerprint density at radius 2 is 2.07 bits per heavy atom. The van der Waals surface area contributed by atoms with Gasteiger partial charge >= 0.3 is 12.1 Å². The van der Waals surface area contributed by atoms with Crippen molar-refractivity contribution in [2.24, 2.45) is 5.92 Å². The van der Waals surface area contributed by atoms with Gasteiger partial charge in [0.1, 0.15) is 5.69 Å². The highest BCUT2D eigenvalue weighted by Crippen LogP contribution is 2.31. The SMILES string of the molecule is O=C(NC1CC2CCN1CC2)c1cc2c(C(=O)OCC(F)(F)F)csc2cn1. The van der Waals surface area contributed by atoms with Crippen molar-refractivity contribution in [1.82, 2.24) is 15.2 Å². The van der Waals surface area contributed by atoms with Crippen molar-refractivity contribution in [3.05, 3.63) is 28.9 Å². The molecule has 2 aromatic heterocycles. The third-order valence-corrected chi connectivity index (χ3v) is 6.16. The van der Waals surface area contributed by atoms with Crippen molar-refractivity contribution in [1.29, 1.82) is 0 Å². The lowest BCUT2D eigenvalue weighted by atomic mass is 9.86. The molecule has 1 N–H and O–H groups in total. The molecule has 3 aliphatic rings. The Morgan fingerprint density at radius 3 is 2.71 bits per heavy atom. The van der Waals surface area contributed by atoms with E-state index in [2.05, 4.69) is 19.9 Å². The molecule has 3 aliphatic heterocycles. The second-order valence-corrected chi connectivity index (χ2v) is 8.02. The van der Waals surface area contributed by atoms with Gasteiger partial charge in [0, 0.05) is 30.1 Å². The van der Waals surface area contributed by atoms with E-state index in [1.807, 2.05) is 0 Å². The Morgan fingerprint density at radius 1 is 1.32 bits per heavy atom. The van der Waals surface area contributed by atoms with Gasteiger partial charge in [0.05, 0.1) is 16.4 Å². The first kappa shape index (κ1) is 19.1. The smallest absolute Gasteiger partial charge is 0.422 e. The number of nitrogens with one attached hydrogen (secondary N) is 1. The van der Waals surface area contributed by atoms with Crippen LogP contribution in [0.25, 0.3) is 10.1 Å². The molecule has 150 valence electrons. The van der Waals surface area contributed by atoms with Gasteiger partial charge in [0.2, 0.25) is 0 Å². The zero-order chi connectivity index (χ0) is 19.9. The molecule has 2 bridgehead atoms. The number of carbonyl (C=O) groups is 2. The number of pyridine rings is 1. The van der Waals surface area contributed by atoms with Gasteiger partial charge in [-0.15, -0.1) is 11.3 Å². The largest absolute Gasteiger partial charge is 0.452 e. The number of carbonyl (C=O) groups excluding carboxylic acids is 2. The number of halogens is 3. The van der Waals surface area contributed by atoms with Crippen LogP contribution in [-0.2, 0) is 4.74 Å². The van der Waals surface area contributed by atoms with Gasteiger partial charge in [0.15, 0.2) is 6.61 Å². The number of hydrogen-bond acceptors (Lipinski definition) is 6. The van der Waals surface area contributed by atoms with Crippen LogP contribution in [0.5, 0.6) is 0 Å². The summed E-state index contributed by atoms with van der Waals surface area (Å²) in [6, 6.07) is 1.43. The average Bonchev–Trinajstić information content (AvgIpc) is 3.10. The van der Waals surface area contributed by atoms with Gasteiger partial charge in [0.25, 0.3) is 5.91 Å². The summed E-state index contributed by atoms with van der Waals surface area (Å²) in [7, 11) is 0. The van der Waals surface area contributed by atoms with Crippen molar-refractivity contribution in [3.63, 3.8) is 0 Å². The number of fused-ring (bicyclic) bond motifs is 4. The second-order valence-electron chi connectivity index (χ2n) is 7.11. The first-order chi connectivity index (χ1) is 13.3. The van der Waals surface area contributed by atoms with Gasteiger partial charge in [-0.3, -0.25) is 9.69 Å². The van der Waals surface area contributed by atoms with Crippen LogP contribution in [0.2, 0.25) is 0 Å². The number of hydrogen-bond donors (Lipinski definition) is 1. The topological polar surface area (TPSA) is 71.5 Å². The molecule has 3 saturated heterocycles. The fourth-order valence-electron chi connectivity index (χ4n) is 3.78. The first-order valence-corrected chi connectivity index (χ1v) is 9.84. The molecule has 28 heavy (non-hydrogen) atoms. The highest BCUT2D eigenvalue weighted by molar-refractivity contribution is 7.17. The lowest BCUT2D eigenvalue weighted by molar-refractivity contribution is -0.161. The van der Waals surface area contributed by atoms with Crippen LogP contribution in [-0.4, -0.2) is 53.8 Å². The maximum atomic E-state index is 12.6. The fraction of sp³-hybridized carbons (Fsp3) is 0.500. The minimum atomic E-state index is -4.59. The summed E-state index contributed by atoms with van der Waals surface area (Å²) in [5.41, 5.74) is 0.125. The van der Waals surface area contributed by atoms with Crippen LogP contribution in [0.4, 0.5) is 13.2 Å². The molecular weight excluding hydrogens is 395 g/mol. The molecule has 1 atom stereocenters. The normalized spacial score (nSPS) is 24.3. The highest BCUT2D eigenvalue weighted by Gasteiger charge is 2.34. The number of ether oxygens (including phenoxy) is 1. The van der Waals surface area contributed by atoms with Crippen molar-refractivity contribution in [3.8, 4) is 0 Å². The van der Waals surface area contributed by atoms with Crippen LogP contribution in [0, 0.1) is 5.92 Å². The van der Waals surface area contributed by atoms with Gasteiger partial charge < -0.3 is 10.1 Å². The van der Waals surface area contributed by atoms with E-state index in [9.17, 15) is 22.8 Å². The zero-order valence-corrected chi connectivity index (χ0v) is 15.6. The molecule has 0 aromatic carbocycles. The fourth-order valence-corrected chi connectivity index (χ4v) is 4.66. The third-order valence-electron chi connectivity index (χ3n) is 5.22. The Kier molecular flexibility index (Phi) is 5.00. The van der Waals surface area contributed by atoms with Crippen LogP contribution < -0.4 is 5.32 Å². The number of thiophene rings is 1. The zero-order valence-electron chi connectivity index (χ0n) is 14.8. The van der Waals surface area contributed by atoms with Crippen LogP contribution in [0.15, 0.2) is 17.6 Å². The van der Waals surface area contributed by atoms with E-state index in [1.54, 1.807) is 0 Å². The van der Waals surface area contributed by atoms with E-state index in [-0.39, 0.29) is 23.3 Å². The van der Waals surface area contributed by atoms with Crippen molar-refractivity contribution >= 4 is 33.3 Å². The minimum absolute atomic E-state index is 0.00109. The predicted molar refractivity (Wildman–Crippen MR) is 96.1 cm³/mol. The molecule has 5 rings (SSSR count). The first-order valence-electron chi connectivity index (χ1n) is 8.96. The predicted octanol–water partition coefficient (Wildman–Crippen LogP) is 3.19. The molecule has 6 nitrogen and oxygen atoms in total. The van der Waals surface area contributed by atoms with Crippen LogP contribution in [0.3, 0.4) is 0 Å². The van der Waals surface area contributed by atoms with Crippen LogP contribution >= 0.6 is 11.3 Å². The van der Waals surface area contributed by atoms with Crippen molar-refractivity contribution in [2.75, 3.05) is 19.7 Å². The average molecular weight is 413 g/mol. The molecule has 10 heteroatoms. The van der Waals surface area contributed by atoms with Gasteiger partial charge in [-0.05, 0) is 31.2 Å². The monoisotopic (exact) mass is 413 g/mol. The quantitative estimate of drug-likeness (QED) is 0.780. The molecule has 1 amide bonds.